The first-order valence-electron chi connectivity index (χ1n) is 6.40. The topological polar surface area (TPSA) is 12.9 Å². The van der Waals surface area contributed by atoms with E-state index >= 15 is 0 Å². The average molecular weight is 292 g/mol. The van der Waals surface area contributed by atoms with Crippen molar-refractivity contribution >= 4 is 14.5 Å². The normalized spacial score (nSPS) is 10.6. The van der Waals surface area contributed by atoms with Gasteiger partial charge in [-0.3, -0.25) is 0 Å². The van der Waals surface area contributed by atoms with Crippen LogP contribution in [0.3, 0.4) is 0 Å². The Morgan fingerprint density at radius 1 is 1.06 bits per heavy atom. The molecule has 0 aliphatic rings. The van der Waals surface area contributed by atoms with E-state index in [4.69, 9.17) is 4.98 Å². The van der Waals surface area contributed by atoms with E-state index in [1.807, 2.05) is 0 Å². The standard InChI is InChI=1S/C15H19NSe/c1-2-3-4-8-11-14-12-17-15(16-14)13-9-6-5-7-10-13/h5-7,9-10,12H,2-4,8,11H2,1H3. The Morgan fingerprint density at radius 3 is 2.65 bits per heavy atom. The van der Waals surface area contributed by atoms with E-state index in [0.29, 0.717) is 14.5 Å². The first-order valence-corrected chi connectivity index (χ1v) is 8.24. The minimum absolute atomic E-state index is 0.446. The first-order chi connectivity index (χ1) is 8.40. The van der Waals surface area contributed by atoms with E-state index in [-0.39, 0.29) is 0 Å². The maximum atomic E-state index is 4.76. The fourth-order valence-corrected chi connectivity index (χ4v) is 3.67. The molecule has 0 spiro atoms. The molecule has 0 atom stereocenters. The Balaban J connectivity index is 1.92. The zero-order valence-corrected chi connectivity index (χ0v) is 12.1. The van der Waals surface area contributed by atoms with Crippen molar-refractivity contribution in [2.75, 3.05) is 0 Å². The van der Waals surface area contributed by atoms with Crippen molar-refractivity contribution in [2.24, 2.45) is 0 Å². The maximum absolute atomic E-state index is 4.76. The fraction of sp³-hybridized carbons (Fsp3) is 0.400. The fourth-order valence-electron chi connectivity index (χ4n) is 1.87. The summed E-state index contributed by atoms with van der Waals surface area (Å²) in [7, 11) is 0. The van der Waals surface area contributed by atoms with Crippen LogP contribution in [0.5, 0.6) is 0 Å². The number of rotatable bonds is 6. The molecule has 2 heteroatoms. The van der Waals surface area contributed by atoms with Crippen molar-refractivity contribution in [1.82, 2.24) is 4.98 Å². The molecule has 2 rings (SSSR count). The van der Waals surface area contributed by atoms with Crippen molar-refractivity contribution in [1.29, 1.82) is 0 Å². The van der Waals surface area contributed by atoms with Gasteiger partial charge in [-0.2, -0.15) is 0 Å². The second kappa shape index (κ2) is 6.78. The van der Waals surface area contributed by atoms with E-state index in [9.17, 15) is 0 Å². The van der Waals surface area contributed by atoms with Crippen molar-refractivity contribution < 1.29 is 0 Å². The van der Waals surface area contributed by atoms with E-state index < -0.39 is 0 Å². The summed E-state index contributed by atoms with van der Waals surface area (Å²) in [5.41, 5.74) is 2.62. The molecule has 1 heterocycles. The van der Waals surface area contributed by atoms with Crippen molar-refractivity contribution in [3.8, 4) is 10.1 Å². The third kappa shape index (κ3) is 3.83. The molecule has 0 saturated carbocycles. The summed E-state index contributed by atoms with van der Waals surface area (Å²) < 4.78 is 1.29. The van der Waals surface area contributed by atoms with Gasteiger partial charge in [-0.15, -0.1) is 0 Å². The number of benzene rings is 1. The van der Waals surface area contributed by atoms with Crippen molar-refractivity contribution in [3.63, 3.8) is 0 Å². The van der Waals surface area contributed by atoms with Crippen molar-refractivity contribution in [2.45, 2.75) is 39.0 Å². The molecule has 0 saturated heterocycles. The molecular formula is C15H19NSe. The second-order valence-corrected chi connectivity index (χ2v) is 6.12. The molecule has 1 nitrogen and oxygen atoms in total. The molecule has 0 unspecified atom stereocenters. The predicted octanol–water partition coefficient (Wildman–Crippen LogP) is 3.93. The molecular weight excluding hydrogens is 273 g/mol. The number of aromatic nitrogens is 1. The number of unbranched alkanes of at least 4 members (excludes halogenated alkanes) is 3. The monoisotopic (exact) mass is 293 g/mol. The Kier molecular flexibility index (Phi) is 5.03. The van der Waals surface area contributed by atoms with Crippen LogP contribution in [0.25, 0.3) is 10.1 Å². The van der Waals surface area contributed by atoms with Gasteiger partial charge in [0.15, 0.2) is 0 Å². The van der Waals surface area contributed by atoms with Crippen molar-refractivity contribution in [3.05, 3.63) is 41.0 Å². The second-order valence-electron chi connectivity index (χ2n) is 4.32. The van der Waals surface area contributed by atoms with E-state index in [2.05, 4.69) is 42.2 Å². The summed E-state index contributed by atoms with van der Waals surface area (Å²) in [5.74, 6) is 0. The SMILES string of the molecule is CCCCCCc1c[se]c(-c2ccccc2)n1. The predicted molar refractivity (Wildman–Crippen MR) is 74.5 cm³/mol. The van der Waals surface area contributed by atoms with Gasteiger partial charge < -0.3 is 0 Å². The summed E-state index contributed by atoms with van der Waals surface area (Å²) in [6, 6.07) is 10.6. The van der Waals surface area contributed by atoms with Crippen LogP contribution >= 0.6 is 0 Å². The number of hydrogen-bond acceptors (Lipinski definition) is 1. The van der Waals surface area contributed by atoms with Gasteiger partial charge in [-0.1, -0.05) is 0 Å². The van der Waals surface area contributed by atoms with E-state index in [0.717, 1.165) is 6.42 Å². The van der Waals surface area contributed by atoms with Crippen LogP contribution < -0.4 is 0 Å². The van der Waals surface area contributed by atoms with Crippen LogP contribution in [-0.2, 0) is 6.42 Å². The van der Waals surface area contributed by atoms with Gasteiger partial charge >= 0.3 is 110 Å². The van der Waals surface area contributed by atoms with Gasteiger partial charge in [0.1, 0.15) is 0 Å². The number of aryl methyl sites for hydroxylation is 1. The van der Waals surface area contributed by atoms with Gasteiger partial charge in [0, 0.05) is 0 Å². The van der Waals surface area contributed by atoms with Crippen LogP contribution in [-0.4, -0.2) is 19.5 Å². The molecule has 1 aromatic carbocycles. The third-order valence-corrected chi connectivity index (χ3v) is 4.83. The van der Waals surface area contributed by atoms with Gasteiger partial charge in [0.2, 0.25) is 0 Å². The Hall–Kier alpha value is -0.851. The summed E-state index contributed by atoms with van der Waals surface area (Å²) in [6.45, 7) is 2.25. The van der Waals surface area contributed by atoms with E-state index in [1.54, 1.807) is 0 Å². The van der Waals surface area contributed by atoms with Crippen LogP contribution in [0.2, 0.25) is 0 Å². The molecule has 0 fully saturated rings. The summed E-state index contributed by atoms with van der Waals surface area (Å²) >= 11 is 0.446. The van der Waals surface area contributed by atoms with E-state index in [1.165, 1.54) is 41.5 Å². The Bertz CT molecular complexity index is 433. The third-order valence-electron chi connectivity index (χ3n) is 2.86. The van der Waals surface area contributed by atoms with Gasteiger partial charge in [-0.25, -0.2) is 0 Å². The van der Waals surface area contributed by atoms with Crippen LogP contribution in [0, 0.1) is 0 Å². The molecule has 0 radical (unpaired) electrons. The Labute approximate surface area is 110 Å². The zero-order valence-electron chi connectivity index (χ0n) is 10.4. The molecule has 90 valence electrons. The molecule has 17 heavy (non-hydrogen) atoms. The molecule has 0 aliphatic heterocycles. The molecule has 1 aromatic heterocycles. The quantitative estimate of drug-likeness (QED) is 0.581. The molecule has 0 amide bonds. The Morgan fingerprint density at radius 2 is 1.88 bits per heavy atom. The van der Waals surface area contributed by atoms with Crippen LogP contribution in [0.4, 0.5) is 0 Å². The molecule has 0 aliphatic carbocycles. The minimum atomic E-state index is 0.446. The van der Waals surface area contributed by atoms with Crippen LogP contribution in [0.1, 0.15) is 38.3 Å². The van der Waals surface area contributed by atoms with Gasteiger partial charge in [-0.05, 0) is 0 Å². The summed E-state index contributed by atoms with van der Waals surface area (Å²) in [5, 5.41) is 0. The molecule has 0 bridgehead atoms. The summed E-state index contributed by atoms with van der Waals surface area (Å²) in [6.07, 6.45) is 6.46. The van der Waals surface area contributed by atoms with Crippen LogP contribution in [0.15, 0.2) is 35.3 Å². The molecule has 2 aromatic rings. The number of nitrogens with zero attached hydrogens (tertiary/aromatic N) is 1. The van der Waals surface area contributed by atoms with Gasteiger partial charge in [0.05, 0.1) is 0 Å². The summed E-state index contributed by atoms with van der Waals surface area (Å²) in [4.78, 5) is 7.11. The number of hydrogen-bond donors (Lipinski definition) is 0. The average Bonchev–Trinajstić information content (AvgIpc) is 2.85. The first kappa shape index (κ1) is 12.6. The molecule has 0 N–H and O–H groups in total. The van der Waals surface area contributed by atoms with Gasteiger partial charge in [0.25, 0.3) is 0 Å². The zero-order chi connectivity index (χ0) is 11.9.